The minimum atomic E-state index is -0.849. The lowest BCUT2D eigenvalue weighted by atomic mass is 10.1. The van der Waals surface area contributed by atoms with Crippen molar-refractivity contribution in [1.29, 1.82) is 0 Å². The van der Waals surface area contributed by atoms with Crippen molar-refractivity contribution in [3.8, 4) is 0 Å². The lowest BCUT2D eigenvalue weighted by Gasteiger charge is -2.15. The summed E-state index contributed by atoms with van der Waals surface area (Å²) in [5.74, 6) is -0.849. The van der Waals surface area contributed by atoms with Crippen LogP contribution in [0.2, 0.25) is 0 Å². The highest BCUT2D eigenvalue weighted by atomic mass is 16.5. The molecule has 0 aliphatic heterocycles. The van der Waals surface area contributed by atoms with Crippen molar-refractivity contribution in [2.24, 2.45) is 0 Å². The van der Waals surface area contributed by atoms with Crippen molar-refractivity contribution in [2.75, 3.05) is 13.2 Å². The fraction of sp³-hybridized carbons (Fsp3) is 0.643. The number of aromatic nitrogens is 2. The number of rotatable bonds is 8. The first-order valence-electron chi connectivity index (χ1n) is 6.83. The van der Waals surface area contributed by atoms with Crippen LogP contribution in [0.3, 0.4) is 0 Å². The van der Waals surface area contributed by atoms with E-state index < -0.39 is 5.97 Å². The van der Waals surface area contributed by atoms with Crippen molar-refractivity contribution < 1.29 is 14.6 Å². The molecule has 1 aromatic rings. The Morgan fingerprint density at radius 1 is 1.40 bits per heavy atom. The van der Waals surface area contributed by atoms with Crippen LogP contribution in [0.1, 0.15) is 36.7 Å². The molecular weight excluding hydrogens is 260 g/mol. The number of carbonyl (C=O) groups is 1. The molecule has 0 aliphatic carbocycles. The minimum absolute atomic E-state index is 0.0422. The van der Waals surface area contributed by atoms with Gasteiger partial charge in [0.1, 0.15) is 0 Å². The van der Waals surface area contributed by atoms with Crippen molar-refractivity contribution in [3.05, 3.63) is 27.4 Å². The van der Waals surface area contributed by atoms with Gasteiger partial charge in [-0.15, -0.1) is 0 Å². The number of nitrogens with zero attached hydrogens (tertiary/aromatic N) is 2. The third-order valence-corrected chi connectivity index (χ3v) is 3.24. The van der Waals surface area contributed by atoms with Gasteiger partial charge in [-0.1, -0.05) is 0 Å². The molecule has 20 heavy (non-hydrogen) atoms. The highest BCUT2D eigenvalue weighted by Gasteiger charge is 2.12. The van der Waals surface area contributed by atoms with Gasteiger partial charge >= 0.3 is 11.7 Å². The summed E-state index contributed by atoms with van der Waals surface area (Å²) in [4.78, 5) is 26.6. The lowest BCUT2D eigenvalue weighted by molar-refractivity contribution is -0.136. The zero-order chi connectivity index (χ0) is 15.1. The van der Waals surface area contributed by atoms with Crippen LogP contribution in [0.15, 0.2) is 4.79 Å². The fourth-order valence-electron chi connectivity index (χ4n) is 2.17. The van der Waals surface area contributed by atoms with Crippen LogP contribution in [-0.4, -0.2) is 33.8 Å². The predicted molar refractivity (Wildman–Crippen MR) is 75.0 cm³/mol. The first-order valence-corrected chi connectivity index (χ1v) is 6.83. The van der Waals surface area contributed by atoms with Gasteiger partial charge in [0.05, 0.1) is 0 Å². The standard InChI is InChI=1S/C14H22N2O4/c1-4-20-9-5-8-16-11(3)12(6-7-13(17)18)10(2)15-14(16)19/h4-9H2,1-3H3,(H,17,18). The van der Waals surface area contributed by atoms with E-state index in [1.54, 1.807) is 11.5 Å². The SMILES string of the molecule is CCOCCCn1c(C)c(CCC(=O)O)c(C)nc1=O. The number of ether oxygens (including phenoxy) is 1. The van der Waals surface area contributed by atoms with E-state index in [-0.39, 0.29) is 12.1 Å². The number of carboxylic acid groups (broad SMARTS) is 1. The largest absolute Gasteiger partial charge is 0.481 e. The number of carboxylic acids is 1. The van der Waals surface area contributed by atoms with Crippen LogP contribution in [0.5, 0.6) is 0 Å². The zero-order valence-corrected chi connectivity index (χ0v) is 12.3. The summed E-state index contributed by atoms with van der Waals surface area (Å²) in [6, 6.07) is 0. The molecule has 0 aromatic carbocycles. The molecule has 0 radical (unpaired) electrons. The predicted octanol–water partition coefficient (Wildman–Crippen LogP) is 1.30. The molecule has 1 N–H and O–H groups in total. The summed E-state index contributed by atoms with van der Waals surface area (Å²) < 4.78 is 6.85. The van der Waals surface area contributed by atoms with Gasteiger partial charge in [-0.2, -0.15) is 4.98 Å². The second kappa shape index (κ2) is 7.79. The smallest absolute Gasteiger partial charge is 0.347 e. The molecule has 0 saturated heterocycles. The Kier molecular flexibility index (Phi) is 6.38. The highest BCUT2D eigenvalue weighted by Crippen LogP contribution is 2.12. The van der Waals surface area contributed by atoms with Crippen LogP contribution in [0.4, 0.5) is 0 Å². The molecule has 0 fully saturated rings. The van der Waals surface area contributed by atoms with Gasteiger partial charge in [0.25, 0.3) is 0 Å². The molecule has 0 aliphatic rings. The van der Waals surface area contributed by atoms with E-state index in [1.807, 2.05) is 13.8 Å². The van der Waals surface area contributed by atoms with Crippen LogP contribution in [0, 0.1) is 13.8 Å². The third-order valence-electron chi connectivity index (χ3n) is 3.24. The average molecular weight is 282 g/mol. The molecule has 0 amide bonds. The van der Waals surface area contributed by atoms with E-state index in [4.69, 9.17) is 9.84 Å². The fourth-order valence-corrected chi connectivity index (χ4v) is 2.17. The van der Waals surface area contributed by atoms with E-state index >= 15 is 0 Å². The lowest BCUT2D eigenvalue weighted by Crippen LogP contribution is -2.28. The van der Waals surface area contributed by atoms with Crippen molar-refractivity contribution in [1.82, 2.24) is 9.55 Å². The van der Waals surface area contributed by atoms with E-state index in [0.29, 0.717) is 31.9 Å². The Labute approximate surface area is 118 Å². The average Bonchev–Trinajstić information content (AvgIpc) is 2.36. The van der Waals surface area contributed by atoms with Gasteiger partial charge in [0.2, 0.25) is 0 Å². The van der Waals surface area contributed by atoms with Gasteiger partial charge in [-0.05, 0) is 39.2 Å². The van der Waals surface area contributed by atoms with Crippen molar-refractivity contribution in [2.45, 2.75) is 46.6 Å². The molecule has 0 unspecified atom stereocenters. The quantitative estimate of drug-likeness (QED) is 0.727. The molecule has 112 valence electrons. The van der Waals surface area contributed by atoms with Gasteiger partial charge in [0, 0.05) is 37.6 Å². The zero-order valence-electron chi connectivity index (χ0n) is 12.3. The first-order chi connectivity index (χ1) is 9.47. The second-order valence-corrected chi connectivity index (χ2v) is 4.64. The molecule has 1 heterocycles. The first kappa shape index (κ1) is 16.4. The summed E-state index contributed by atoms with van der Waals surface area (Å²) in [6.45, 7) is 7.31. The molecular formula is C14H22N2O4. The normalized spacial score (nSPS) is 10.8. The molecule has 0 bridgehead atoms. The van der Waals surface area contributed by atoms with Crippen LogP contribution in [-0.2, 0) is 22.5 Å². The van der Waals surface area contributed by atoms with Crippen LogP contribution >= 0.6 is 0 Å². The Balaban J connectivity index is 2.91. The van der Waals surface area contributed by atoms with Crippen molar-refractivity contribution >= 4 is 5.97 Å². The molecule has 1 aromatic heterocycles. The molecule has 0 saturated carbocycles. The molecule has 6 nitrogen and oxygen atoms in total. The van der Waals surface area contributed by atoms with Gasteiger partial charge in [-0.3, -0.25) is 9.36 Å². The number of hydrogen-bond acceptors (Lipinski definition) is 4. The Morgan fingerprint density at radius 2 is 2.10 bits per heavy atom. The maximum Gasteiger partial charge on any atom is 0.347 e. The number of aryl methyl sites for hydroxylation is 1. The monoisotopic (exact) mass is 282 g/mol. The minimum Gasteiger partial charge on any atom is -0.481 e. The maximum atomic E-state index is 11.9. The second-order valence-electron chi connectivity index (χ2n) is 4.64. The van der Waals surface area contributed by atoms with Gasteiger partial charge < -0.3 is 9.84 Å². The molecule has 0 spiro atoms. The van der Waals surface area contributed by atoms with E-state index in [9.17, 15) is 9.59 Å². The molecule has 1 rings (SSSR count). The van der Waals surface area contributed by atoms with E-state index in [0.717, 1.165) is 17.7 Å². The summed E-state index contributed by atoms with van der Waals surface area (Å²) in [7, 11) is 0. The Bertz CT molecular complexity index is 523. The summed E-state index contributed by atoms with van der Waals surface area (Å²) in [5.41, 5.74) is 1.99. The third kappa shape index (κ3) is 4.45. The van der Waals surface area contributed by atoms with Gasteiger partial charge in [0.15, 0.2) is 0 Å². The Hall–Kier alpha value is -1.69. The number of aliphatic carboxylic acids is 1. The maximum absolute atomic E-state index is 11.9. The summed E-state index contributed by atoms with van der Waals surface area (Å²) >= 11 is 0. The van der Waals surface area contributed by atoms with Crippen LogP contribution < -0.4 is 5.69 Å². The highest BCUT2D eigenvalue weighted by molar-refractivity contribution is 5.67. The van der Waals surface area contributed by atoms with Crippen molar-refractivity contribution in [3.63, 3.8) is 0 Å². The Morgan fingerprint density at radius 3 is 2.70 bits per heavy atom. The van der Waals surface area contributed by atoms with E-state index in [2.05, 4.69) is 4.98 Å². The topological polar surface area (TPSA) is 81.4 Å². The summed E-state index contributed by atoms with van der Waals surface area (Å²) in [5, 5.41) is 8.78. The van der Waals surface area contributed by atoms with E-state index in [1.165, 1.54) is 0 Å². The molecule has 0 atom stereocenters. The molecule has 6 heteroatoms. The van der Waals surface area contributed by atoms with Crippen LogP contribution in [0.25, 0.3) is 0 Å². The number of hydrogen-bond donors (Lipinski definition) is 1. The van der Waals surface area contributed by atoms with Gasteiger partial charge in [-0.25, -0.2) is 4.79 Å². The summed E-state index contributed by atoms with van der Waals surface area (Å²) in [6.07, 6.45) is 1.17.